The van der Waals surface area contributed by atoms with Gasteiger partial charge in [-0.15, -0.1) is 0 Å². The fraction of sp³-hybridized carbons (Fsp3) is 0.550. The highest BCUT2D eigenvalue weighted by Gasteiger charge is 2.45. The van der Waals surface area contributed by atoms with Crippen molar-refractivity contribution in [2.45, 2.75) is 57.6 Å². The predicted octanol–water partition coefficient (Wildman–Crippen LogP) is 1.78. The van der Waals surface area contributed by atoms with E-state index in [1.165, 1.54) is 6.92 Å². The molecule has 8 nitrogen and oxygen atoms in total. The van der Waals surface area contributed by atoms with E-state index in [-0.39, 0.29) is 11.4 Å². The van der Waals surface area contributed by atoms with Crippen molar-refractivity contribution in [1.82, 2.24) is 24.8 Å². The summed E-state index contributed by atoms with van der Waals surface area (Å²) in [4.78, 5) is 29.0. The number of piperidine rings is 1. The summed E-state index contributed by atoms with van der Waals surface area (Å²) in [7, 11) is 0. The average Bonchev–Trinajstić information content (AvgIpc) is 3.28. The lowest BCUT2D eigenvalue weighted by molar-refractivity contribution is -0.165. The largest absolute Gasteiger partial charge is 0.368 e. The molecule has 1 saturated heterocycles. The van der Waals surface area contributed by atoms with E-state index in [1.54, 1.807) is 13.3 Å². The Morgan fingerprint density at radius 2 is 2.29 bits per heavy atom. The summed E-state index contributed by atoms with van der Waals surface area (Å²) in [5, 5.41) is 10.5. The van der Waals surface area contributed by atoms with E-state index in [9.17, 15) is 9.90 Å². The Kier molecular flexibility index (Phi) is 5.18. The monoisotopic (exact) mass is 385 g/mol. The van der Waals surface area contributed by atoms with Crippen LogP contribution in [0.25, 0.3) is 11.0 Å². The molecule has 0 saturated carbocycles. The third-order valence-corrected chi connectivity index (χ3v) is 5.69. The average molecular weight is 385 g/mol. The summed E-state index contributed by atoms with van der Waals surface area (Å²) < 4.78 is 5.32. The normalized spacial score (nSPS) is 24.9. The van der Waals surface area contributed by atoms with Crippen LogP contribution in [0.2, 0.25) is 0 Å². The second kappa shape index (κ2) is 7.62. The minimum atomic E-state index is -0.967. The highest BCUT2D eigenvalue weighted by Crippen LogP contribution is 2.37. The molecular formula is C20H27N5O3. The summed E-state index contributed by atoms with van der Waals surface area (Å²) in [5.41, 5.74) is 1.59. The van der Waals surface area contributed by atoms with Gasteiger partial charge in [-0.25, -0.2) is 9.97 Å². The number of likely N-dealkylation sites (tertiary alicyclic amines) is 1. The van der Waals surface area contributed by atoms with E-state index in [0.29, 0.717) is 0 Å². The van der Waals surface area contributed by atoms with E-state index in [1.807, 2.05) is 23.4 Å². The van der Waals surface area contributed by atoms with Crippen LogP contribution in [0.3, 0.4) is 0 Å². The highest BCUT2D eigenvalue weighted by molar-refractivity contribution is 5.83. The SMILES string of the molecule is CC(O)O[C@@H](C)C(=O)N1C=CCC12CCCN(Cc1ncnc3[nH]ccc13)C2. The van der Waals surface area contributed by atoms with Crippen LogP contribution in [0.1, 0.15) is 38.8 Å². The number of hydrogen-bond acceptors (Lipinski definition) is 6. The molecule has 1 amide bonds. The van der Waals surface area contributed by atoms with Crippen LogP contribution in [0.5, 0.6) is 0 Å². The number of amides is 1. The quantitative estimate of drug-likeness (QED) is 0.762. The number of nitrogens with one attached hydrogen (secondary N) is 1. The van der Waals surface area contributed by atoms with E-state index >= 15 is 0 Å². The molecule has 0 aromatic carbocycles. The lowest BCUT2D eigenvalue weighted by Crippen LogP contribution is -2.58. The first kappa shape index (κ1) is 19.0. The van der Waals surface area contributed by atoms with Gasteiger partial charge in [0.05, 0.1) is 11.2 Å². The summed E-state index contributed by atoms with van der Waals surface area (Å²) in [6.07, 6.45) is 8.56. The smallest absolute Gasteiger partial charge is 0.256 e. The molecule has 2 unspecified atom stereocenters. The molecule has 1 fully saturated rings. The van der Waals surface area contributed by atoms with E-state index in [4.69, 9.17) is 4.74 Å². The van der Waals surface area contributed by atoms with Gasteiger partial charge in [-0.2, -0.15) is 0 Å². The number of aliphatic hydroxyl groups excluding tert-OH is 1. The Balaban J connectivity index is 1.50. The number of hydrogen-bond donors (Lipinski definition) is 2. The molecule has 4 rings (SSSR count). The first-order valence-electron chi connectivity index (χ1n) is 9.81. The van der Waals surface area contributed by atoms with Gasteiger partial charge in [0.15, 0.2) is 6.29 Å². The number of carbonyl (C=O) groups is 1. The van der Waals surface area contributed by atoms with Gasteiger partial charge in [0.1, 0.15) is 18.1 Å². The van der Waals surface area contributed by atoms with Gasteiger partial charge in [-0.05, 0) is 45.7 Å². The second-order valence-electron chi connectivity index (χ2n) is 7.77. The Morgan fingerprint density at radius 1 is 1.43 bits per heavy atom. The summed E-state index contributed by atoms with van der Waals surface area (Å²) >= 11 is 0. The van der Waals surface area contributed by atoms with Gasteiger partial charge in [0.2, 0.25) is 0 Å². The van der Waals surface area contributed by atoms with Crippen LogP contribution >= 0.6 is 0 Å². The van der Waals surface area contributed by atoms with Crippen molar-refractivity contribution in [3.8, 4) is 0 Å². The maximum atomic E-state index is 13.0. The highest BCUT2D eigenvalue weighted by atomic mass is 16.6. The number of carbonyl (C=O) groups excluding carboxylic acids is 1. The standard InChI is InChI=1S/C20H27N5O3/c1-14(28-15(2)26)19(27)25-10-4-7-20(25)6-3-9-24(12-20)11-17-16-5-8-21-18(16)23-13-22-17/h4-5,8,10,13-15,26H,3,6-7,9,11-12H2,1-2H3,(H,21,22,23)/t14-,15?,20?/m0/s1. The maximum absolute atomic E-state index is 13.0. The van der Waals surface area contributed by atoms with Crippen molar-refractivity contribution in [1.29, 1.82) is 0 Å². The van der Waals surface area contributed by atoms with Crippen molar-refractivity contribution in [3.05, 3.63) is 36.6 Å². The number of aromatic amines is 1. The van der Waals surface area contributed by atoms with E-state index in [0.717, 1.165) is 55.6 Å². The third kappa shape index (κ3) is 3.55. The number of aliphatic hydroxyl groups is 1. The molecule has 2 aromatic heterocycles. The zero-order valence-corrected chi connectivity index (χ0v) is 16.3. The Morgan fingerprint density at radius 3 is 3.11 bits per heavy atom. The molecule has 2 N–H and O–H groups in total. The fourth-order valence-electron chi connectivity index (χ4n) is 4.46. The number of aromatic nitrogens is 3. The van der Waals surface area contributed by atoms with Gasteiger partial charge < -0.3 is 19.7 Å². The van der Waals surface area contributed by atoms with E-state index in [2.05, 4.69) is 25.9 Å². The minimum Gasteiger partial charge on any atom is -0.368 e. The van der Waals surface area contributed by atoms with Gasteiger partial charge in [0, 0.05) is 30.9 Å². The van der Waals surface area contributed by atoms with Crippen LogP contribution in [0.15, 0.2) is 30.9 Å². The molecule has 0 aliphatic carbocycles. The van der Waals surface area contributed by atoms with Gasteiger partial charge in [-0.3, -0.25) is 9.69 Å². The van der Waals surface area contributed by atoms with Crippen molar-refractivity contribution in [2.75, 3.05) is 13.1 Å². The molecule has 0 radical (unpaired) electrons. The lowest BCUT2D eigenvalue weighted by Gasteiger charge is -2.46. The zero-order chi connectivity index (χ0) is 19.7. The van der Waals surface area contributed by atoms with E-state index < -0.39 is 12.4 Å². The summed E-state index contributed by atoms with van der Waals surface area (Å²) in [6.45, 7) is 5.69. The Hall–Kier alpha value is -2.29. The number of nitrogens with zero attached hydrogens (tertiary/aromatic N) is 4. The lowest BCUT2D eigenvalue weighted by atomic mass is 9.85. The molecule has 2 aromatic rings. The second-order valence-corrected chi connectivity index (χ2v) is 7.77. The van der Waals surface area contributed by atoms with Crippen molar-refractivity contribution in [2.24, 2.45) is 0 Å². The molecule has 2 aliphatic rings. The topological polar surface area (TPSA) is 94.6 Å². The number of ether oxygens (including phenoxy) is 1. The van der Waals surface area contributed by atoms with Crippen LogP contribution < -0.4 is 0 Å². The molecule has 28 heavy (non-hydrogen) atoms. The van der Waals surface area contributed by atoms with Crippen LogP contribution in [0, 0.1) is 0 Å². The number of H-pyrrole nitrogens is 1. The number of rotatable bonds is 5. The van der Waals surface area contributed by atoms with Crippen LogP contribution in [-0.2, 0) is 16.1 Å². The minimum absolute atomic E-state index is 0.105. The molecule has 0 bridgehead atoms. The summed E-state index contributed by atoms with van der Waals surface area (Å²) in [6, 6.07) is 2.01. The first-order valence-corrected chi connectivity index (χ1v) is 9.81. The summed E-state index contributed by atoms with van der Waals surface area (Å²) in [5.74, 6) is -0.105. The Labute approximate surface area is 164 Å². The first-order chi connectivity index (χ1) is 13.5. The van der Waals surface area contributed by atoms with Gasteiger partial charge >= 0.3 is 0 Å². The molecule has 3 atom stereocenters. The maximum Gasteiger partial charge on any atom is 0.256 e. The predicted molar refractivity (Wildman–Crippen MR) is 104 cm³/mol. The molecular weight excluding hydrogens is 358 g/mol. The van der Waals surface area contributed by atoms with Gasteiger partial charge in [-0.1, -0.05) is 6.08 Å². The van der Waals surface area contributed by atoms with Crippen LogP contribution in [0.4, 0.5) is 0 Å². The zero-order valence-electron chi connectivity index (χ0n) is 16.3. The van der Waals surface area contributed by atoms with Crippen molar-refractivity contribution in [3.63, 3.8) is 0 Å². The molecule has 2 aliphatic heterocycles. The van der Waals surface area contributed by atoms with Crippen LogP contribution in [-0.4, -0.2) is 66.8 Å². The molecule has 8 heteroatoms. The molecule has 1 spiro atoms. The number of fused-ring (bicyclic) bond motifs is 1. The Bertz CT molecular complexity index is 880. The van der Waals surface area contributed by atoms with Gasteiger partial charge in [0.25, 0.3) is 5.91 Å². The fourth-order valence-corrected chi connectivity index (χ4v) is 4.46. The van der Waals surface area contributed by atoms with Crippen molar-refractivity contribution >= 4 is 16.9 Å². The van der Waals surface area contributed by atoms with Crippen molar-refractivity contribution < 1.29 is 14.6 Å². The third-order valence-electron chi connectivity index (χ3n) is 5.69. The molecule has 4 heterocycles. The molecule has 150 valence electrons.